The molecule has 156 valence electrons. The second-order valence-corrected chi connectivity index (χ2v) is 7.26. The van der Waals surface area contributed by atoms with Crippen LogP contribution in [0.5, 0.6) is 5.75 Å². The van der Waals surface area contributed by atoms with E-state index < -0.39 is 17.8 Å². The lowest BCUT2D eigenvalue weighted by atomic mass is 10.2. The van der Waals surface area contributed by atoms with Crippen LogP contribution in [0.4, 0.5) is 5.69 Å². The van der Waals surface area contributed by atoms with Gasteiger partial charge >= 0.3 is 17.8 Å². The molecule has 2 N–H and O–H groups in total. The zero-order valence-corrected chi connectivity index (χ0v) is 18.0. The van der Waals surface area contributed by atoms with E-state index >= 15 is 0 Å². The molecule has 0 spiro atoms. The SMILES string of the molecule is Cc1ccccc1NC(=O)C(=O)N/N=C\c1ccc(OC(=O)c2ccccc2Br)cc1. The Labute approximate surface area is 187 Å². The number of halogens is 1. The summed E-state index contributed by atoms with van der Waals surface area (Å²) in [5.74, 6) is -1.83. The molecular formula is C23H18BrN3O4. The van der Waals surface area contributed by atoms with Gasteiger partial charge in [-0.25, -0.2) is 10.2 Å². The molecule has 2 amide bonds. The van der Waals surface area contributed by atoms with Crippen molar-refractivity contribution in [3.8, 4) is 5.75 Å². The smallest absolute Gasteiger partial charge is 0.344 e. The van der Waals surface area contributed by atoms with E-state index in [2.05, 4.69) is 31.8 Å². The maximum atomic E-state index is 12.2. The van der Waals surface area contributed by atoms with E-state index in [1.165, 1.54) is 6.21 Å². The van der Waals surface area contributed by atoms with Crippen molar-refractivity contribution < 1.29 is 19.1 Å². The molecule has 0 unspecified atom stereocenters. The van der Waals surface area contributed by atoms with Gasteiger partial charge in [0.05, 0.1) is 11.8 Å². The van der Waals surface area contributed by atoms with Crippen LogP contribution in [0.1, 0.15) is 21.5 Å². The van der Waals surface area contributed by atoms with Crippen molar-refractivity contribution in [3.63, 3.8) is 0 Å². The lowest BCUT2D eigenvalue weighted by Gasteiger charge is -2.07. The molecule has 0 bridgehead atoms. The first-order valence-corrected chi connectivity index (χ1v) is 10.00. The number of rotatable bonds is 5. The number of carbonyl (C=O) groups is 3. The standard InChI is InChI=1S/C23H18BrN3O4/c1-15-6-2-5-9-20(15)26-21(28)22(29)27-25-14-16-10-12-17(13-11-16)31-23(30)18-7-3-4-8-19(18)24/h2-14H,1H3,(H,26,28)(H,27,29)/b25-14-. The zero-order chi connectivity index (χ0) is 22.2. The van der Waals surface area contributed by atoms with Crippen molar-refractivity contribution in [1.82, 2.24) is 5.43 Å². The topological polar surface area (TPSA) is 96.9 Å². The van der Waals surface area contributed by atoms with Crippen LogP contribution in [0.3, 0.4) is 0 Å². The van der Waals surface area contributed by atoms with E-state index in [-0.39, 0.29) is 0 Å². The molecule has 8 heteroatoms. The van der Waals surface area contributed by atoms with E-state index in [0.29, 0.717) is 27.0 Å². The number of hydrogen-bond acceptors (Lipinski definition) is 5. The lowest BCUT2D eigenvalue weighted by molar-refractivity contribution is -0.136. The molecule has 0 atom stereocenters. The van der Waals surface area contributed by atoms with Crippen molar-refractivity contribution in [2.24, 2.45) is 5.10 Å². The van der Waals surface area contributed by atoms with Crippen LogP contribution in [-0.4, -0.2) is 24.0 Å². The number of para-hydroxylation sites is 1. The van der Waals surface area contributed by atoms with Gasteiger partial charge in [0.25, 0.3) is 0 Å². The van der Waals surface area contributed by atoms with Crippen molar-refractivity contribution in [1.29, 1.82) is 0 Å². The van der Waals surface area contributed by atoms with Gasteiger partial charge < -0.3 is 10.1 Å². The lowest BCUT2D eigenvalue weighted by Crippen LogP contribution is -2.32. The maximum Gasteiger partial charge on any atom is 0.344 e. The second-order valence-electron chi connectivity index (χ2n) is 6.41. The number of hydrogen-bond donors (Lipinski definition) is 2. The quantitative estimate of drug-likeness (QED) is 0.189. The normalized spacial score (nSPS) is 10.5. The highest BCUT2D eigenvalue weighted by Gasteiger charge is 2.14. The molecule has 0 heterocycles. The van der Waals surface area contributed by atoms with E-state index in [1.807, 2.05) is 19.1 Å². The molecule has 0 aliphatic heterocycles. The van der Waals surface area contributed by atoms with Gasteiger partial charge in [-0.2, -0.15) is 5.10 Å². The predicted molar refractivity (Wildman–Crippen MR) is 121 cm³/mol. The summed E-state index contributed by atoms with van der Waals surface area (Å²) in [5, 5.41) is 6.30. The molecule has 0 fully saturated rings. The van der Waals surface area contributed by atoms with Crippen LogP contribution in [0.15, 0.2) is 82.4 Å². The minimum absolute atomic E-state index is 0.361. The molecule has 0 saturated carbocycles. The van der Waals surface area contributed by atoms with Crippen LogP contribution < -0.4 is 15.5 Å². The first-order chi connectivity index (χ1) is 14.9. The number of benzene rings is 3. The fraction of sp³-hybridized carbons (Fsp3) is 0.0435. The molecule has 0 aromatic heterocycles. The Morgan fingerprint density at radius 3 is 2.29 bits per heavy atom. The number of amides is 2. The Morgan fingerprint density at radius 1 is 0.903 bits per heavy atom. The molecule has 0 aliphatic carbocycles. The molecule has 0 radical (unpaired) electrons. The monoisotopic (exact) mass is 479 g/mol. The van der Waals surface area contributed by atoms with Gasteiger partial charge in [-0.1, -0.05) is 30.3 Å². The summed E-state index contributed by atoms with van der Waals surface area (Å²) in [6.45, 7) is 1.82. The minimum Gasteiger partial charge on any atom is -0.423 e. The molecule has 7 nitrogen and oxygen atoms in total. The number of anilines is 1. The van der Waals surface area contributed by atoms with Crippen LogP contribution >= 0.6 is 15.9 Å². The third-order valence-corrected chi connectivity index (χ3v) is 4.86. The minimum atomic E-state index is -0.890. The van der Waals surface area contributed by atoms with Crippen molar-refractivity contribution in [3.05, 3.63) is 94.0 Å². The van der Waals surface area contributed by atoms with Gasteiger partial charge in [0.2, 0.25) is 0 Å². The number of nitrogens with one attached hydrogen (secondary N) is 2. The number of ether oxygens (including phenoxy) is 1. The van der Waals surface area contributed by atoms with E-state index in [1.54, 1.807) is 60.7 Å². The van der Waals surface area contributed by atoms with Gasteiger partial charge in [-0.15, -0.1) is 0 Å². The number of nitrogens with zero attached hydrogens (tertiary/aromatic N) is 1. The predicted octanol–water partition coefficient (Wildman–Crippen LogP) is 4.07. The Kier molecular flexibility index (Phi) is 7.29. The second kappa shape index (κ2) is 10.3. The van der Waals surface area contributed by atoms with Gasteiger partial charge in [0.15, 0.2) is 0 Å². The van der Waals surface area contributed by atoms with Crippen molar-refractivity contribution in [2.75, 3.05) is 5.32 Å². The summed E-state index contributed by atoms with van der Waals surface area (Å²) < 4.78 is 5.98. The summed E-state index contributed by atoms with van der Waals surface area (Å²) in [4.78, 5) is 36.1. The molecule has 3 aromatic rings. The molecule has 0 aliphatic rings. The number of hydrazone groups is 1. The Balaban J connectivity index is 1.53. The highest BCUT2D eigenvalue weighted by atomic mass is 79.9. The first-order valence-electron chi connectivity index (χ1n) is 9.21. The van der Waals surface area contributed by atoms with Crippen LogP contribution in [-0.2, 0) is 9.59 Å². The number of aryl methyl sites for hydroxylation is 1. The Morgan fingerprint density at radius 2 is 1.58 bits per heavy atom. The van der Waals surface area contributed by atoms with Crippen LogP contribution in [0.2, 0.25) is 0 Å². The third-order valence-electron chi connectivity index (χ3n) is 4.16. The van der Waals surface area contributed by atoms with Gasteiger partial charge in [-0.3, -0.25) is 9.59 Å². The van der Waals surface area contributed by atoms with E-state index in [9.17, 15) is 14.4 Å². The highest BCUT2D eigenvalue weighted by molar-refractivity contribution is 9.10. The average molecular weight is 480 g/mol. The maximum absolute atomic E-state index is 12.2. The summed E-state index contributed by atoms with van der Waals surface area (Å²) in [6, 6.07) is 20.6. The molecule has 3 aromatic carbocycles. The molecular weight excluding hydrogens is 462 g/mol. The fourth-order valence-corrected chi connectivity index (χ4v) is 2.97. The molecule has 31 heavy (non-hydrogen) atoms. The summed E-state index contributed by atoms with van der Waals surface area (Å²) >= 11 is 3.31. The number of carbonyl (C=O) groups excluding carboxylic acids is 3. The Bertz CT molecular complexity index is 1140. The summed E-state index contributed by atoms with van der Waals surface area (Å²) in [6.07, 6.45) is 1.37. The van der Waals surface area contributed by atoms with E-state index in [0.717, 1.165) is 5.56 Å². The third kappa shape index (κ3) is 6.10. The van der Waals surface area contributed by atoms with Crippen LogP contribution in [0, 0.1) is 6.92 Å². The molecule has 3 rings (SSSR count). The van der Waals surface area contributed by atoms with Crippen molar-refractivity contribution in [2.45, 2.75) is 6.92 Å². The largest absolute Gasteiger partial charge is 0.423 e. The fourth-order valence-electron chi connectivity index (χ4n) is 2.52. The summed E-state index contributed by atoms with van der Waals surface area (Å²) in [5.41, 5.74) is 4.62. The molecule has 0 saturated heterocycles. The summed E-state index contributed by atoms with van der Waals surface area (Å²) in [7, 11) is 0. The van der Waals surface area contributed by atoms with Crippen LogP contribution in [0.25, 0.3) is 0 Å². The Hall–Kier alpha value is -3.78. The highest BCUT2D eigenvalue weighted by Crippen LogP contribution is 2.19. The first kappa shape index (κ1) is 21.9. The van der Waals surface area contributed by atoms with Crippen molar-refractivity contribution >= 4 is 45.6 Å². The number of esters is 1. The van der Waals surface area contributed by atoms with Gasteiger partial charge in [0, 0.05) is 10.2 Å². The average Bonchev–Trinajstić information content (AvgIpc) is 2.76. The van der Waals surface area contributed by atoms with Gasteiger partial charge in [0.1, 0.15) is 5.75 Å². The van der Waals surface area contributed by atoms with Gasteiger partial charge in [-0.05, 0) is 76.4 Å². The zero-order valence-electron chi connectivity index (χ0n) is 16.5. The van der Waals surface area contributed by atoms with E-state index in [4.69, 9.17) is 4.74 Å².